The molecule has 1 heterocycles. The van der Waals surface area contributed by atoms with Crippen LogP contribution in [0.5, 0.6) is 0 Å². The Morgan fingerprint density at radius 1 is 1.28 bits per heavy atom. The molecule has 0 aromatic rings. The van der Waals surface area contributed by atoms with Crippen molar-refractivity contribution >= 4 is 0 Å². The maximum Gasteiger partial charge on any atom is 0.168 e. The van der Waals surface area contributed by atoms with Crippen molar-refractivity contribution in [3.8, 4) is 0 Å². The summed E-state index contributed by atoms with van der Waals surface area (Å²) in [7, 11) is 0. The first-order valence-electron chi connectivity index (χ1n) is 10.5. The third kappa shape index (κ3) is 5.80. The maximum atomic E-state index is 6.44. The van der Waals surface area contributed by atoms with Gasteiger partial charge in [-0.15, -0.1) is 6.58 Å². The van der Waals surface area contributed by atoms with Crippen LogP contribution >= 0.6 is 0 Å². The Balaban J connectivity index is 1.78. The highest BCUT2D eigenvalue weighted by atomic mass is 16.7. The highest BCUT2D eigenvalue weighted by Crippen LogP contribution is 2.47. The first-order valence-corrected chi connectivity index (χ1v) is 10.5. The average molecular weight is 352 g/mol. The largest absolute Gasteiger partial charge is 0.347 e. The molecule has 2 fully saturated rings. The highest BCUT2D eigenvalue weighted by Gasteiger charge is 2.46. The van der Waals surface area contributed by atoms with Crippen molar-refractivity contribution < 1.29 is 9.47 Å². The molecule has 1 aliphatic carbocycles. The van der Waals surface area contributed by atoms with Crippen LogP contribution < -0.4 is 0 Å². The molecule has 1 atom stereocenters. The molecule has 1 spiro atoms. The van der Waals surface area contributed by atoms with Gasteiger partial charge in [0.1, 0.15) is 0 Å². The Morgan fingerprint density at radius 2 is 1.96 bits per heavy atom. The van der Waals surface area contributed by atoms with E-state index in [1.807, 2.05) is 6.08 Å². The second-order valence-electron chi connectivity index (χ2n) is 9.31. The second kappa shape index (κ2) is 9.01. The Hall–Kier alpha value is -0.380. The molecule has 0 aromatic heterocycles. The molecule has 2 rings (SSSR count). The molecule has 0 radical (unpaired) electrons. The molecule has 0 bridgehead atoms. The molecule has 1 unspecified atom stereocenters. The van der Waals surface area contributed by atoms with Crippen molar-refractivity contribution in [1.29, 1.82) is 0 Å². The molecule has 0 amide bonds. The fourth-order valence-corrected chi connectivity index (χ4v) is 4.43. The van der Waals surface area contributed by atoms with Gasteiger partial charge in [0.15, 0.2) is 5.79 Å². The van der Waals surface area contributed by atoms with Crippen molar-refractivity contribution in [3.05, 3.63) is 12.7 Å². The van der Waals surface area contributed by atoms with Crippen LogP contribution in [0.2, 0.25) is 0 Å². The smallest absolute Gasteiger partial charge is 0.168 e. The van der Waals surface area contributed by atoms with E-state index in [2.05, 4.69) is 46.1 Å². The summed E-state index contributed by atoms with van der Waals surface area (Å²) in [5.41, 5.74) is 0.446. The van der Waals surface area contributed by atoms with Gasteiger partial charge in [-0.1, -0.05) is 47.1 Å². The molecular weight excluding hydrogens is 310 g/mol. The molecule has 0 N–H and O–H groups in total. The third-order valence-corrected chi connectivity index (χ3v) is 6.46. The van der Waals surface area contributed by atoms with E-state index in [-0.39, 0.29) is 11.9 Å². The molecule has 3 nitrogen and oxygen atoms in total. The Labute approximate surface area is 156 Å². The van der Waals surface area contributed by atoms with Crippen LogP contribution in [0.1, 0.15) is 73.1 Å². The van der Waals surface area contributed by atoms with Crippen molar-refractivity contribution in [2.24, 2.45) is 17.3 Å². The van der Waals surface area contributed by atoms with E-state index >= 15 is 0 Å². The topological polar surface area (TPSA) is 21.7 Å². The van der Waals surface area contributed by atoms with Crippen molar-refractivity contribution in [1.82, 2.24) is 4.90 Å². The molecular formula is C22H41NO2. The van der Waals surface area contributed by atoms with Gasteiger partial charge in [0.2, 0.25) is 0 Å². The van der Waals surface area contributed by atoms with Crippen molar-refractivity contribution in [2.75, 3.05) is 26.2 Å². The molecule has 0 aromatic carbocycles. The first kappa shape index (κ1) is 20.9. The number of hydrogen-bond donors (Lipinski definition) is 0. The Bertz CT molecular complexity index is 410. The van der Waals surface area contributed by atoms with Gasteiger partial charge in [-0.2, -0.15) is 0 Å². The van der Waals surface area contributed by atoms with Gasteiger partial charge in [0.05, 0.1) is 12.7 Å². The standard InChI is InChI=1S/C22H41NO2/c1-7-14-23(16-18(3)4)15-11-20-17-24-22(25-20)12-9-19(10-13-22)21(5,6)8-2/h7,18-20H,1,8-17H2,2-6H3. The molecule has 146 valence electrons. The summed E-state index contributed by atoms with van der Waals surface area (Å²) in [5.74, 6) is 1.22. The van der Waals surface area contributed by atoms with Crippen LogP contribution in [0.3, 0.4) is 0 Å². The molecule has 1 saturated carbocycles. The lowest BCUT2D eigenvalue weighted by atomic mass is 9.68. The van der Waals surface area contributed by atoms with Gasteiger partial charge in [0.25, 0.3) is 0 Å². The summed E-state index contributed by atoms with van der Waals surface area (Å²) < 4.78 is 12.6. The zero-order valence-electron chi connectivity index (χ0n) is 17.4. The van der Waals surface area contributed by atoms with E-state index in [4.69, 9.17) is 9.47 Å². The Morgan fingerprint density at radius 3 is 2.52 bits per heavy atom. The summed E-state index contributed by atoms with van der Waals surface area (Å²) in [6.45, 7) is 19.5. The van der Waals surface area contributed by atoms with E-state index in [1.165, 1.54) is 19.3 Å². The van der Waals surface area contributed by atoms with Gasteiger partial charge in [-0.05, 0) is 36.5 Å². The minimum absolute atomic E-state index is 0.259. The van der Waals surface area contributed by atoms with Gasteiger partial charge >= 0.3 is 0 Å². The predicted molar refractivity (Wildman–Crippen MR) is 106 cm³/mol. The van der Waals surface area contributed by atoms with Crippen molar-refractivity contribution in [3.63, 3.8) is 0 Å². The number of nitrogens with zero attached hydrogens (tertiary/aromatic N) is 1. The number of rotatable bonds is 9. The number of hydrogen-bond acceptors (Lipinski definition) is 3. The SMILES string of the molecule is C=CCN(CCC1COC2(CCC(C(C)(C)CC)CC2)O1)CC(C)C. The zero-order chi connectivity index (χ0) is 18.5. The Kier molecular flexibility index (Phi) is 7.54. The maximum absolute atomic E-state index is 6.44. The van der Waals surface area contributed by atoms with E-state index in [1.54, 1.807) is 0 Å². The van der Waals surface area contributed by atoms with Gasteiger partial charge < -0.3 is 9.47 Å². The van der Waals surface area contributed by atoms with E-state index in [9.17, 15) is 0 Å². The second-order valence-corrected chi connectivity index (χ2v) is 9.31. The van der Waals surface area contributed by atoms with Crippen LogP contribution in [0.15, 0.2) is 12.7 Å². The summed E-state index contributed by atoms with van der Waals surface area (Å²) in [6.07, 6.45) is 9.20. The fraction of sp³-hybridized carbons (Fsp3) is 0.909. The average Bonchev–Trinajstić information content (AvgIpc) is 2.95. The highest BCUT2D eigenvalue weighted by molar-refractivity contribution is 4.90. The minimum atomic E-state index is -0.272. The first-order chi connectivity index (χ1) is 11.8. The zero-order valence-corrected chi connectivity index (χ0v) is 17.4. The lowest BCUT2D eigenvalue weighted by molar-refractivity contribution is -0.197. The summed E-state index contributed by atoms with van der Waals surface area (Å²) in [6, 6.07) is 0. The molecule has 1 aliphatic heterocycles. The van der Waals surface area contributed by atoms with Crippen LogP contribution in [0.4, 0.5) is 0 Å². The van der Waals surface area contributed by atoms with Crippen LogP contribution in [0.25, 0.3) is 0 Å². The summed E-state index contributed by atoms with van der Waals surface area (Å²) in [5, 5.41) is 0. The van der Waals surface area contributed by atoms with Crippen LogP contribution in [-0.4, -0.2) is 43.0 Å². The monoisotopic (exact) mass is 351 g/mol. The molecule has 25 heavy (non-hydrogen) atoms. The normalized spacial score (nSPS) is 30.5. The minimum Gasteiger partial charge on any atom is -0.347 e. The fourth-order valence-electron chi connectivity index (χ4n) is 4.43. The predicted octanol–water partition coefficient (Wildman–Crippen LogP) is 5.26. The molecule has 1 saturated heterocycles. The lowest BCUT2D eigenvalue weighted by Crippen LogP contribution is -2.39. The van der Waals surface area contributed by atoms with Crippen LogP contribution in [-0.2, 0) is 9.47 Å². The number of ether oxygens (including phenoxy) is 2. The summed E-state index contributed by atoms with van der Waals surface area (Å²) in [4.78, 5) is 2.48. The third-order valence-electron chi connectivity index (χ3n) is 6.46. The van der Waals surface area contributed by atoms with Gasteiger partial charge in [-0.3, -0.25) is 4.90 Å². The van der Waals surface area contributed by atoms with E-state index < -0.39 is 0 Å². The summed E-state index contributed by atoms with van der Waals surface area (Å²) >= 11 is 0. The molecule has 2 aliphatic rings. The van der Waals surface area contributed by atoms with Crippen molar-refractivity contribution in [2.45, 2.75) is 85.0 Å². The van der Waals surface area contributed by atoms with Gasteiger partial charge in [0, 0.05) is 32.5 Å². The van der Waals surface area contributed by atoms with Gasteiger partial charge in [-0.25, -0.2) is 0 Å². The quantitative estimate of drug-likeness (QED) is 0.529. The van der Waals surface area contributed by atoms with E-state index in [0.29, 0.717) is 11.3 Å². The van der Waals surface area contributed by atoms with E-state index in [0.717, 1.165) is 51.4 Å². The van der Waals surface area contributed by atoms with Crippen LogP contribution in [0, 0.1) is 17.3 Å². The molecule has 3 heteroatoms. The lowest BCUT2D eigenvalue weighted by Gasteiger charge is -2.42.